The Morgan fingerprint density at radius 2 is 1.71 bits per heavy atom. The Balaban J connectivity index is 1.57. The van der Waals surface area contributed by atoms with Crippen molar-refractivity contribution in [2.24, 2.45) is 5.41 Å². The van der Waals surface area contributed by atoms with Crippen LogP contribution in [-0.2, 0) is 37.8 Å². The third-order valence-corrected chi connectivity index (χ3v) is 6.05. The Kier molecular flexibility index (Phi) is 7.05. The van der Waals surface area contributed by atoms with Crippen LogP contribution in [0.2, 0.25) is 5.02 Å². The largest absolute Gasteiger partial charge is 0.493 e. The molecular formula is C26H31ClN2O5. The van der Waals surface area contributed by atoms with E-state index in [1.165, 1.54) is 0 Å². The van der Waals surface area contributed by atoms with Gasteiger partial charge in [-0.05, 0) is 53.8 Å². The van der Waals surface area contributed by atoms with Gasteiger partial charge < -0.3 is 24.8 Å². The second kappa shape index (κ2) is 9.84. The van der Waals surface area contributed by atoms with Gasteiger partial charge in [0.15, 0.2) is 0 Å². The summed E-state index contributed by atoms with van der Waals surface area (Å²) in [6.07, 6.45) is 0.642. The van der Waals surface area contributed by atoms with Crippen molar-refractivity contribution >= 4 is 29.2 Å². The van der Waals surface area contributed by atoms with Gasteiger partial charge in [-0.2, -0.15) is 0 Å². The summed E-state index contributed by atoms with van der Waals surface area (Å²) in [6.45, 7) is 8.39. The molecule has 7 nitrogen and oxygen atoms in total. The van der Waals surface area contributed by atoms with Gasteiger partial charge in [0, 0.05) is 12.1 Å². The molecule has 2 aromatic carbocycles. The fourth-order valence-electron chi connectivity index (χ4n) is 4.06. The number of fused-ring (bicyclic) bond motifs is 2. The first-order valence-electron chi connectivity index (χ1n) is 11.6. The van der Waals surface area contributed by atoms with Crippen molar-refractivity contribution in [3.05, 3.63) is 58.1 Å². The Hall–Kier alpha value is -2.77. The van der Waals surface area contributed by atoms with Gasteiger partial charge in [-0.25, -0.2) is 0 Å². The number of hydrogen-bond acceptors (Lipinski definition) is 7. The number of carbonyl (C=O) groups excluding carboxylic acids is 2. The summed E-state index contributed by atoms with van der Waals surface area (Å²) in [7, 11) is 0. The summed E-state index contributed by atoms with van der Waals surface area (Å²) in [5.41, 5.74) is 3.40. The highest BCUT2D eigenvalue weighted by molar-refractivity contribution is 6.33. The molecule has 0 radical (unpaired) electrons. The van der Waals surface area contributed by atoms with E-state index in [1.54, 1.807) is 12.1 Å². The average Bonchev–Trinajstić information content (AvgIpc) is 3.04. The van der Waals surface area contributed by atoms with Crippen LogP contribution in [0.15, 0.2) is 36.4 Å². The molecule has 2 aliphatic rings. The number of halogens is 1. The lowest BCUT2D eigenvalue weighted by Gasteiger charge is -2.32. The SMILES string of the molecule is CC(C)(C)COc1ccc(CNc2c(Cl)ccc3c2CCNCC32OC(=O)CCC(=O)O2)cc1. The van der Waals surface area contributed by atoms with Crippen molar-refractivity contribution in [2.45, 2.75) is 52.4 Å². The molecule has 34 heavy (non-hydrogen) atoms. The number of nitrogens with one attached hydrogen (secondary N) is 2. The summed E-state index contributed by atoms with van der Waals surface area (Å²) in [4.78, 5) is 24.6. The van der Waals surface area contributed by atoms with Crippen molar-refractivity contribution < 1.29 is 23.8 Å². The van der Waals surface area contributed by atoms with Crippen molar-refractivity contribution in [3.8, 4) is 5.75 Å². The van der Waals surface area contributed by atoms with Crippen LogP contribution in [0.1, 0.15) is 50.3 Å². The second-order valence-electron chi connectivity index (χ2n) is 9.92. The predicted octanol–water partition coefficient (Wildman–Crippen LogP) is 4.56. The van der Waals surface area contributed by atoms with E-state index < -0.39 is 17.7 Å². The Bertz CT molecular complexity index is 1040. The van der Waals surface area contributed by atoms with E-state index in [0.29, 0.717) is 36.7 Å². The maximum absolute atomic E-state index is 12.3. The Morgan fingerprint density at radius 3 is 2.35 bits per heavy atom. The Labute approximate surface area is 205 Å². The number of rotatable bonds is 5. The van der Waals surface area contributed by atoms with Crippen molar-refractivity contribution in [2.75, 3.05) is 25.0 Å². The van der Waals surface area contributed by atoms with Crippen LogP contribution in [0.4, 0.5) is 5.69 Å². The van der Waals surface area contributed by atoms with Gasteiger partial charge in [-0.3, -0.25) is 9.59 Å². The molecule has 8 heteroatoms. The quantitative estimate of drug-likeness (QED) is 0.599. The van der Waals surface area contributed by atoms with E-state index in [1.807, 2.05) is 24.3 Å². The smallest absolute Gasteiger partial charge is 0.309 e. The minimum absolute atomic E-state index is 0.00404. The van der Waals surface area contributed by atoms with E-state index in [4.69, 9.17) is 25.8 Å². The van der Waals surface area contributed by atoms with E-state index in [9.17, 15) is 9.59 Å². The Morgan fingerprint density at radius 1 is 1.03 bits per heavy atom. The number of esters is 2. The summed E-state index contributed by atoms with van der Waals surface area (Å²) in [5, 5.41) is 7.22. The molecule has 182 valence electrons. The van der Waals surface area contributed by atoms with Crippen molar-refractivity contribution in [1.29, 1.82) is 0 Å². The van der Waals surface area contributed by atoms with E-state index in [-0.39, 0.29) is 24.8 Å². The third-order valence-electron chi connectivity index (χ3n) is 5.74. The number of carbonyl (C=O) groups is 2. The molecule has 0 aromatic heterocycles. The van der Waals surface area contributed by atoms with Gasteiger partial charge in [-0.1, -0.05) is 44.5 Å². The molecule has 1 saturated heterocycles. The van der Waals surface area contributed by atoms with Crippen LogP contribution in [0.5, 0.6) is 5.75 Å². The summed E-state index contributed by atoms with van der Waals surface area (Å²) < 4.78 is 17.3. The standard InChI is InChI=1S/C26H31ClN2O5/c1-25(2,3)16-32-18-6-4-17(5-7-18)14-29-24-19-12-13-28-15-26(20(19)8-9-21(24)27)33-22(30)10-11-23(31)34-26/h4-9,28-29H,10-16H2,1-3H3. The molecule has 0 saturated carbocycles. The molecule has 0 aliphatic carbocycles. The van der Waals surface area contributed by atoms with E-state index in [0.717, 1.165) is 22.6 Å². The number of hydrogen-bond donors (Lipinski definition) is 2. The summed E-state index contributed by atoms with van der Waals surface area (Å²) in [5.74, 6) is -1.59. The van der Waals surface area contributed by atoms with Crippen LogP contribution >= 0.6 is 11.6 Å². The lowest BCUT2D eigenvalue weighted by Crippen LogP contribution is -2.43. The number of benzene rings is 2. The zero-order valence-corrected chi connectivity index (χ0v) is 20.6. The zero-order valence-electron chi connectivity index (χ0n) is 19.8. The molecule has 4 rings (SSSR count). The predicted molar refractivity (Wildman–Crippen MR) is 130 cm³/mol. The zero-order chi connectivity index (χ0) is 24.3. The highest BCUT2D eigenvalue weighted by Crippen LogP contribution is 2.40. The highest BCUT2D eigenvalue weighted by atomic mass is 35.5. The molecule has 0 atom stereocenters. The minimum atomic E-state index is -1.50. The van der Waals surface area contributed by atoms with Crippen LogP contribution in [-0.4, -0.2) is 31.6 Å². The maximum atomic E-state index is 12.3. The van der Waals surface area contributed by atoms with Gasteiger partial charge in [0.1, 0.15) is 5.75 Å². The number of ether oxygens (including phenoxy) is 3. The van der Waals surface area contributed by atoms with Crippen molar-refractivity contribution in [3.63, 3.8) is 0 Å². The van der Waals surface area contributed by atoms with Gasteiger partial charge >= 0.3 is 11.9 Å². The molecule has 0 bridgehead atoms. The molecule has 1 spiro atoms. The molecule has 1 fully saturated rings. The lowest BCUT2D eigenvalue weighted by molar-refractivity contribution is -0.225. The van der Waals surface area contributed by atoms with E-state index in [2.05, 4.69) is 31.4 Å². The fraction of sp³-hybridized carbons (Fsp3) is 0.462. The van der Waals surface area contributed by atoms with Gasteiger partial charge in [0.05, 0.1) is 36.7 Å². The number of anilines is 1. The molecule has 2 aromatic rings. The fourth-order valence-corrected chi connectivity index (χ4v) is 4.30. The van der Waals surface area contributed by atoms with Crippen LogP contribution in [0.25, 0.3) is 0 Å². The van der Waals surface area contributed by atoms with Gasteiger partial charge in [0.25, 0.3) is 5.79 Å². The van der Waals surface area contributed by atoms with Crippen LogP contribution in [0.3, 0.4) is 0 Å². The van der Waals surface area contributed by atoms with Crippen LogP contribution in [0, 0.1) is 5.41 Å². The first kappa shape index (κ1) is 24.4. The summed E-state index contributed by atoms with van der Waals surface area (Å²) >= 11 is 6.59. The van der Waals surface area contributed by atoms with Gasteiger partial charge in [0.2, 0.25) is 0 Å². The topological polar surface area (TPSA) is 85.9 Å². The molecule has 0 amide bonds. The first-order chi connectivity index (χ1) is 16.2. The molecule has 2 heterocycles. The third kappa shape index (κ3) is 5.65. The monoisotopic (exact) mass is 486 g/mol. The summed E-state index contributed by atoms with van der Waals surface area (Å²) in [6, 6.07) is 11.5. The lowest BCUT2D eigenvalue weighted by atomic mass is 9.96. The molecule has 0 unspecified atom stereocenters. The highest BCUT2D eigenvalue weighted by Gasteiger charge is 2.45. The van der Waals surface area contributed by atoms with Gasteiger partial charge in [-0.15, -0.1) is 0 Å². The first-order valence-corrected chi connectivity index (χ1v) is 11.9. The van der Waals surface area contributed by atoms with E-state index >= 15 is 0 Å². The average molecular weight is 487 g/mol. The van der Waals surface area contributed by atoms with Crippen LogP contribution < -0.4 is 15.4 Å². The molecular weight excluding hydrogens is 456 g/mol. The normalized spacial score (nSPS) is 17.8. The second-order valence-corrected chi connectivity index (χ2v) is 10.3. The minimum Gasteiger partial charge on any atom is -0.493 e. The molecule has 2 N–H and O–H groups in total. The molecule has 2 aliphatic heterocycles. The maximum Gasteiger partial charge on any atom is 0.309 e. The van der Waals surface area contributed by atoms with Crippen molar-refractivity contribution in [1.82, 2.24) is 5.32 Å².